The Balaban J connectivity index is 2.01. The number of aliphatic hydroxyl groups is 1. The summed E-state index contributed by atoms with van der Waals surface area (Å²) in [6.07, 6.45) is 5.84. The van der Waals surface area contributed by atoms with E-state index < -0.39 is 11.6 Å². The van der Waals surface area contributed by atoms with E-state index >= 15 is 0 Å². The number of allylic oxidation sites excluding steroid dienone is 1. The van der Waals surface area contributed by atoms with Crippen molar-refractivity contribution in [1.29, 1.82) is 0 Å². The SMILES string of the molecule is O=C1C=C(O)c2cc(N3CCCCC3)ncc2C1=O. The number of ketones is 2. The van der Waals surface area contributed by atoms with Crippen LogP contribution in [0, 0.1) is 0 Å². The number of rotatable bonds is 1. The fourth-order valence-electron chi connectivity index (χ4n) is 2.53. The Hall–Kier alpha value is -2.17. The molecule has 1 aliphatic carbocycles. The van der Waals surface area contributed by atoms with Gasteiger partial charge in [-0.25, -0.2) is 4.98 Å². The van der Waals surface area contributed by atoms with E-state index in [4.69, 9.17) is 0 Å². The number of nitrogens with zero attached hydrogens (tertiary/aromatic N) is 2. The lowest BCUT2D eigenvalue weighted by molar-refractivity contribution is -0.111. The summed E-state index contributed by atoms with van der Waals surface area (Å²) in [5, 5.41) is 9.81. The van der Waals surface area contributed by atoms with Crippen molar-refractivity contribution in [2.45, 2.75) is 19.3 Å². The standard InChI is InChI=1S/C14H14N2O3/c17-11-7-12(18)14(19)10-8-15-13(6-9(10)11)16-4-2-1-3-5-16/h6-8,17H,1-5H2. The van der Waals surface area contributed by atoms with E-state index in [1.807, 2.05) is 0 Å². The summed E-state index contributed by atoms with van der Waals surface area (Å²) in [4.78, 5) is 29.4. The van der Waals surface area contributed by atoms with Gasteiger partial charge in [0, 0.05) is 30.9 Å². The third kappa shape index (κ3) is 2.01. The lowest BCUT2D eigenvalue weighted by Gasteiger charge is -2.28. The Bertz CT molecular complexity index is 586. The van der Waals surface area contributed by atoms with Crippen LogP contribution in [0.15, 0.2) is 18.3 Å². The number of anilines is 1. The van der Waals surface area contributed by atoms with E-state index in [-0.39, 0.29) is 11.3 Å². The number of hydrogen-bond acceptors (Lipinski definition) is 5. The van der Waals surface area contributed by atoms with Crippen LogP contribution in [0.4, 0.5) is 5.82 Å². The highest BCUT2D eigenvalue weighted by atomic mass is 16.3. The number of piperidine rings is 1. The first-order chi connectivity index (χ1) is 9.16. The molecule has 0 bridgehead atoms. The van der Waals surface area contributed by atoms with Crippen LogP contribution in [0.25, 0.3) is 5.76 Å². The van der Waals surface area contributed by atoms with E-state index in [0.29, 0.717) is 5.56 Å². The molecule has 1 fully saturated rings. The molecule has 2 aliphatic rings. The molecule has 0 atom stereocenters. The second kappa shape index (κ2) is 4.50. The predicted molar refractivity (Wildman–Crippen MR) is 70.2 cm³/mol. The van der Waals surface area contributed by atoms with Crippen molar-refractivity contribution in [3.8, 4) is 0 Å². The largest absolute Gasteiger partial charge is 0.507 e. The Kier molecular flexibility index (Phi) is 2.81. The van der Waals surface area contributed by atoms with Crippen LogP contribution < -0.4 is 4.90 Å². The van der Waals surface area contributed by atoms with Crippen molar-refractivity contribution < 1.29 is 14.7 Å². The Morgan fingerprint density at radius 1 is 1.11 bits per heavy atom. The molecule has 0 amide bonds. The molecular formula is C14H14N2O3. The van der Waals surface area contributed by atoms with Gasteiger partial charge in [-0.15, -0.1) is 0 Å². The minimum atomic E-state index is -0.697. The normalized spacial score (nSPS) is 19.2. The van der Waals surface area contributed by atoms with Crippen molar-refractivity contribution >= 4 is 23.1 Å². The third-order valence-corrected chi connectivity index (χ3v) is 3.58. The van der Waals surface area contributed by atoms with Crippen LogP contribution in [0.3, 0.4) is 0 Å². The van der Waals surface area contributed by atoms with Crippen molar-refractivity contribution in [1.82, 2.24) is 4.98 Å². The van der Waals surface area contributed by atoms with E-state index in [0.717, 1.165) is 37.8 Å². The molecule has 0 spiro atoms. The van der Waals surface area contributed by atoms with Crippen molar-refractivity contribution in [2.75, 3.05) is 18.0 Å². The second-order valence-corrected chi connectivity index (χ2v) is 4.86. The number of pyridine rings is 1. The molecule has 2 heterocycles. The maximum absolute atomic E-state index is 11.7. The summed E-state index contributed by atoms with van der Waals surface area (Å²) in [6.45, 7) is 1.87. The first-order valence-corrected chi connectivity index (χ1v) is 6.41. The number of carbonyl (C=O) groups is 2. The van der Waals surface area contributed by atoms with Crippen LogP contribution in [0.1, 0.15) is 35.2 Å². The number of fused-ring (bicyclic) bond motifs is 1. The van der Waals surface area contributed by atoms with Crippen molar-refractivity contribution in [3.63, 3.8) is 0 Å². The van der Waals surface area contributed by atoms with Crippen LogP contribution in [0.5, 0.6) is 0 Å². The summed E-state index contributed by atoms with van der Waals surface area (Å²) >= 11 is 0. The molecule has 0 unspecified atom stereocenters. The molecule has 1 aliphatic heterocycles. The average molecular weight is 258 g/mol. The zero-order valence-electron chi connectivity index (χ0n) is 10.4. The van der Waals surface area contributed by atoms with Gasteiger partial charge in [-0.3, -0.25) is 9.59 Å². The minimum absolute atomic E-state index is 0.153. The lowest BCUT2D eigenvalue weighted by atomic mass is 9.95. The second-order valence-electron chi connectivity index (χ2n) is 4.86. The Morgan fingerprint density at radius 2 is 1.84 bits per heavy atom. The van der Waals surface area contributed by atoms with Gasteiger partial charge in [0.1, 0.15) is 11.6 Å². The van der Waals surface area contributed by atoms with Gasteiger partial charge in [0.15, 0.2) is 0 Å². The summed E-state index contributed by atoms with van der Waals surface area (Å²) in [5.41, 5.74) is 0.589. The molecular weight excluding hydrogens is 244 g/mol. The van der Waals surface area contributed by atoms with Gasteiger partial charge in [0.2, 0.25) is 11.6 Å². The van der Waals surface area contributed by atoms with E-state index in [1.165, 1.54) is 12.6 Å². The average Bonchev–Trinajstić information content (AvgIpc) is 2.45. The molecule has 5 heteroatoms. The van der Waals surface area contributed by atoms with Crippen LogP contribution in [-0.4, -0.2) is 34.7 Å². The number of aromatic nitrogens is 1. The van der Waals surface area contributed by atoms with Gasteiger partial charge in [-0.2, -0.15) is 0 Å². The van der Waals surface area contributed by atoms with Gasteiger partial charge in [-0.1, -0.05) is 0 Å². The summed E-state index contributed by atoms with van der Waals surface area (Å²) in [5.74, 6) is -0.705. The molecule has 1 N–H and O–H groups in total. The zero-order valence-corrected chi connectivity index (χ0v) is 10.4. The first kappa shape index (κ1) is 11.9. The van der Waals surface area contributed by atoms with Gasteiger partial charge in [-0.05, 0) is 25.3 Å². The Labute approximate surface area is 110 Å². The molecule has 5 nitrogen and oxygen atoms in total. The monoisotopic (exact) mass is 258 g/mol. The fourth-order valence-corrected chi connectivity index (χ4v) is 2.53. The first-order valence-electron chi connectivity index (χ1n) is 6.41. The number of Topliss-reactive ketones (excluding diaryl/α,β-unsaturated/α-hetero) is 1. The molecule has 1 aromatic rings. The van der Waals surface area contributed by atoms with E-state index in [2.05, 4.69) is 9.88 Å². The number of aliphatic hydroxyl groups excluding tert-OH is 1. The third-order valence-electron chi connectivity index (χ3n) is 3.58. The maximum atomic E-state index is 11.7. The lowest BCUT2D eigenvalue weighted by Crippen LogP contribution is -2.30. The molecule has 3 rings (SSSR count). The Morgan fingerprint density at radius 3 is 2.58 bits per heavy atom. The minimum Gasteiger partial charge on any atom is -0.507 e. The van der Waals surface area contributed by atoms with Crippen molar-refractivity contribution in [2.24, 2.45) is 0 Å². The van der Waals surface area contributed by atoms with Gasteiger partial charge >= 0.3 is 0 Å². The summed E-state index contributed by atoms with van der Waals surface area (Å²) in [6, 6.07) is 1.69. The molecule has 1 aromatic heterocycles. The molecule has 1 saturated heterocycles. The van der Waals surface area contributed by atoms with E-state index in [9.17, 15) is 14.7 Å². The summed E-state index contributed by atoms with van der Waals surface area (Å²) < 4.78 is 0. The highest BCUT2D eigenvalue weighted by Crippen LogP contribution is 2.27. The van der Waals surface area contributed by atoms with Gasteiger partial charge < -0.3 is 10.0 Å². The fraction of sp³-hybridized carbons (Fsp3) is 0.357. The topological polar surface area (TPSA) is 70.5 Å². The number of carbonyl (C=O) groups excluding carboxylic acids is 2. The van der Waals surface area contributed by atoms with Crippen LogP contribution in [0.2, 0.25) is 0 Å². The van der Waals surface area contributed by atoms with Gasteiger partial charge in [0.05, 0.1) is 5.56 Å². The number of hydrogen-bond donors (Lipinski definition) is 1. The predicted octanol–water partition coefficient (Wildman–Crippen LogP) is 1.74. The molecule has 19 heavy (non-hydrogen) atoms. The summed E-state index contributed by atoms with van der Waals surface area (Å²) in [7, 11) is 0. The van der Waals surface area contributed by atoms with Gasteiger partial charge in [0.25, 0.3) is 0 Å². The van der Waals surface area contributed by atoms with E-state index in [1.54, 1.807) is 6.07 Å². The molecule has 98 valence electrons. The molecule has 0 saturated carbocycles. The van der Waals surface area contributed by atoms with Crippen LogP contribution in [-0.2, 0) is 4.79 Å². The van der Waals surface area contributed by atoms with Crippen molar-refractivity contribution in [3.05, 3.63) is 29.5 Å². The van der Waals surface area contributed by atoms with Crippen LogP contribution >= 0.6 is 0 Å². The maximum Gasteiger partial charge on any atom is 0.235 e. The molecule has 0 aromatic carbocycles. The quantitative estimate of drug-likeness (QED) is 0.777. The zero-order chi connectivity index (χ0) is 13.4. The highest BCUT2D eigenvalue weighted by Gasteiger charge is 2.27. The smallest absolute Gasteiger partial charge is 0.235 e. The highest BCUT2D eigenvalue weighted by molar-refractivity contribution is 6.50. The molecule has 0 radical (unpaired) electrons.